The second kappa shape index (κ2) is 8.84. The summed E-state index contributed by atoms with van der Waals surface area (Å²) in [5.74, 6) is -0.102. The van der Waals surface area contributed by atoms with E-state index < -0.39 is 16.1 Å². The van der Waals surface area contributed by atoms with Crippen LogP contribution < -0.4 is 5.32 Å². The Labute approximate surface area is 182 Å². The molecule has 2 aliphatic rings. The molecular weight excluding hydrogens is 418 g/mol. The summed E-state index contributed by atoms with van der Waals surface area (Å²) in [6.07, 6.45) is 3.87. The Morgan fingerprint density at radius 2 is 1.74 bits per heavy atom. The Balaban J connectivity index is 1.36. The second-order valence-corrected chi connectivity index (χ2v) is 10.0. The smallest absolute Gasteiger partial charge is 0.289 e. The highest BCUT2D eigenvalue weighted by Gasteiger charge is 2.40. The van der Waals surface area contributed by atoms with Crippen LogP contribution in [-0.4, -0.2) is 61.2 Å². The van der Waals surface area contributed by atoms with Crippen LogP contribution in [0.4, 0.5) is 0 Å². The fraction of sp³-hybridized carbons (Fsp3) is 0.455. The van der Waals surface area contributed by atoms with E-state index in [0.717, 1.165) is 5.56 Å². The third kappa shape index (κ3) is 4.52. The molecule has 0 radical (unpaired) electrons. The van der Waals surface area contributed by atoms with Crippen LogP contribution >= 0.6 is 0 Å². The number of likely N-dealkylation sites (tertiary alicyclic amines) is 1. The quantitative estimate of drug-likeness (QED) is 0.760. The summed E-state index contributed by atoms with van der Waals surface area (Å²) >= 11 is 0. The fourth-order valence-corrected chi connectivity index (χ4v) is 5.87. The molecule has 0 spiro atoms. The lowest BCUT2D eigenvalue weighted by Gasteiger charge is -2.33. The van der Waals surface area contributed by atoms with Gasteiger partial charge in [-0.05, 0) is 56.9 Å². The van der Waals surface area contributed by atoms with E-state index in [1.807, 2.05) is 6.92 Å². The molecule has 8 nitrogen and oxygen atoms in total. The predicted octanol–water partition coefficient (Wildman–Crippen LogP) is 2.16. The van der Waals surface area contributed by atoms with Gasteiger partial charge < -0.3 is 14.6 Å². The maximum absolute atomic E-state index is 13.1. The number of piperidine rings is 1. The van der Waals surface area contributed by atoms with E-state index in [-0.39, 0.29) is 22.8 Å². The number of carbonyl (C=O) groups excluding carboxylic acids is 2. The summed E-state index contributed by atoms with van der Waals surface area (Å²) in [4.78, 5) is 27.2. The van der Waals surface area contributed by atoms with Crippen molar-refractivity contribution in [1.82, 2.24) is 14.5 Å². The Hall–Kier alpha value is -2.65. The number of furan rings is 1. The minimum absolute atomic E-state index is 0.0855. The van der Waals surface area contributed by atoms with E-state index in [4.69, 9.17) is 4.42 Å². The van der Waals surface area contributed by atoms with E-state index in [0.29, 0.717) is 51.1 Å². The number of carbonyl (C=O) groups is 2. The first-order valence-corrected chi connectivity index (χ1v) is 12.0. The molecule has 31 heavy (non-hydrogen) atoms. The van der Waals surface area contributed by atoms with Crippen molar-refractivity contribution in [3.8, 4) is 0 Å². The fourth-order valence-electron chi connectivity index (χ4n) is 4.22. The minimum atomic E-state index is -3.73. The van der Waals surface area contributed by atoms with Gasteiger partial charge in [0, 0.05) is 25.7 Å². The molecule has 2 amide bonds. The summed E-state index contributed by atoms with van der Waals surface area (Å²) < 4.78 is 32.6. The lowest BCUT2D eigenvalue weighted by molar-refractivity contribution is -0.125. The van der Waals surface area contributed by atoms with Crippen molar-refractivity contribution in [3.05, 3.63) is 54.0 Å². The van der Waals surface area contributed by atoms with Crippen molar-refractivity contribution in [1.29, 1.82) is 0 Å². The van der Waals surface area contributed by atoms with Crippen LogP contribution in [-0.2, 0) is 14.8 Å². The second-order valence-electron chi connectivity index (χ2n) is 8.14. The Bertz CT molecular complexity index is 1030. The lowest BCUT2D eigenvalue weighted by atomic mass is 10.0. The summed E-state index contributed by atoms with van der Waals surface area (Å²) in [6.45, 7) is 3.27. The van der Waals surface area contributed by atoms with Gasteiger partial charge in [0.15, 0.2) is 5.76 Å². The van der Waals surface area contributed by atoms with Gasteiger partial charge in [-0.1, -0.05) is 17.7 Å². The van der Waals surface area contributed by atoms with Crippen LogP contribution in [0.5, 0.6) is 0 Å². The van der Waals surface area contributed by atoms with Crippen LogP contribution in [0.2, 0.25) is 0 Å². The summed E-state index contributed by atoms with van der Waals surface area (Å²) in [7, 11) is -3.73. The average Bonchev–Trinajstić information content (AvgIpc) is 3.47. The molecule has 2 aromatic rings. The van der Waals surface area contributed by atoms with Crippen LogP contribution in [0, 0.1) is 6.92 Å². The van der Waals surface area contributed by atoms with E-state index in [9.17, 15) is 18.0 Å². The largest absolute Gasteiger partial charge is 0.459 e. The van der Waals surface area contributed by atoms with Gasteiger partial charge >= 0.3 is 0 Å². The third-order valence-electron chi connectivity index (χ3n) is 5.99. The van der Waals surface area contributed by atoms with Gasteiger partial charge in [-0.3, -0.25) is 9.59 Å². The van der Waals surface area contributed by atoms with E-state index in [1.54, 1.807) is 41.3 Å². The average molecular weight is 446 g/mol. The molecule has 2 saturated heterocycles. The first-order chi connectivity index (χ1) is 14.9. The molecular formula is C22H27N3O5S. The van der Waals surface area contributed by atoms with Crippen molar-refractivity contribution in [2.45, 2.75) is 49.6 Å². The van der Waals surface area contributed by atoms with Crippen molar-refractivity contribution in [2.24, 2.45) is 0 Å². The third-order valence-corrected chi connectivity index (χ3v) is 7.92. The summed E-state index contributed by atoms with van der Waals surface area (Å²) in [6, 6.07) is 9.23. The number of hydrogen-bond donors (Lipinski definition) is 1. The predicted molar refractivity (Wildman–Crippen MR) is 114 cm³/mol. The maximum Gasteiger partial charge on any atom is 0.289 e. The molecule has 2 fully saturated rings. The van der Waals surface area contributed by atoms with Crippen LogP contribution in [0.3, 0.4) is 0 Å². The van der Waals surface area contributed by atoms with Gasteiger partial charge in [0.2, 0.25) is 15.9 Å². The topological polar surface area (TPSA) is 99.9 Å². The van der Waals surface area contributed by atoms with Crippen LogP contribution in [0.15, 0.2) is 52.0 Å². The Kier molecular flexibility index (Phi) is 6.15. The molecule has 2 aliphatic heterocycles. The number of sulfonamides is 1. The molecule has 1 aromatic carbocycles. The molecule has 4 rings (SSSR count). The zero-order valence-corrected chi connectivity index (χ0v) is 18.3. The summed E-state index contributed by atoms with van der Waals surface area (Å²) in [5, 5.41) is 3.01. The monoisotopic (exact) mass is 445 g/mol. The van der Waals surface area contributed by atoms with Crippen molar-refractivity contribution in [2.75, 3.05) is 19.6 Å². The Morgan fingerprint density at radius 1 is 1.03 bits per heavy atom. The number of nitrogens with zero attached hydrogens (tertiary/aromatic N) is 2. The normalized spacial score (nSPS) is 20.7. The highest BCUT2D eigenvalue weighted by molar-refractivity contribution is 7.89. The van der Waals surface area contributed by atoms with E-state index >= 15 is 0 Å². The zero-order valence-electron chi connectivity index (χ0n) is 17.5. The van der Waals surface area contributed by atoms with Crippen LogP contribution in [0.1, 0.15) is 41.8 Å². The van der Waals surface area contributed by atoms with Crippen molar-refractivity contribution < 1.29 is 22.4 Å². The SMILES string of the molecule is Cc1ccc(S(=O)(=O)N2CCC[C@H]2C(=O)NC2CCN(C(=O)c3ccco3)CC2)cc1. The Morgan fingerprint density at radius 3 is 2.39 bits per heavy atom. The number of benzene rings is 1. The number of rotatable bonds is 5. The van der Waals surface area contributed by atoms with Gasteiger partial charge in [-0.2, -0.15) is 4.31 Å². The lowest BCUT2D eigenvalue weighted by Crippen LogP contribution is -2.52. The molecule has 1 N–H and O–H groups in total. The molecule has 0 bridgehead atoms. The van der Waals surface area contributed by atoms with Gasteiger partial charge in [0.1, 0.15) is 6.04 Å². The minimum Gasteiger partial charge on any atom is -0.459 e. The maximum atomic E-state index is 13.1. The molecule has 166 valence electrons. The zero-order chi connectivity index (χ0) is 22.0. The summed E-state index contributed by atoms with van der Waals surface area (Å²) in [5.41, 5.74) is 0.978. The van der Waals surface area contributed by atoms with Gasteiger partial charge in [-0.15, -0.1) is 0 Å². The number of nitrogens with one attached hydrogen (secondary N) is 1. The standard InChI is InChI=1S/C22H27N3O5S/c1-16-6-8-18(9-7-16)31(28,29)25-12-2-4-19(25)21(26)23-17-10-13-24(14-11-17)22(27)20-5-3-15-30-20/h3,5-9,15,17,19H,2,4,10-14H2,1H3,(H,23,26)/t19-/m0/s1. The van der Waals surface area contributed by atoms with Gasteiger partial charge in [-0.25, -0.2) is 8.42 Å². The van der Waals surface area contributed by atoms with Crippen molar-refractivity contribution >= 4 is 21.8 Å². The van der Waals surface area contributed by atoms with Gasteiger partial charge in [0.25, 0.3) is 5.91 Å². The van der Waals surface area contributed by atoms with Gasteiger partial charge in [0.05, 0.1) is 11.2 Å². The molecule has 0 aliphatic carbocycles. The molecule has 1 aromatic heterocycles. The number of amides is 2. The molecule has 0 saturated carbocycles. The highest BCUT2D eigenvalue weighted by atomic mass is 32.2. The molecule has 3 heterocycles. The number of hydrogen-bond acceptors (Lipinski definition) is 5. The first kappa shape index (κ1) is 21.6. The number of aryl methyl sites for hydroxylation is 1. The van der Waals surface area contributed by atoms with Crippen molar-refractivity contribution in [3.63, 3.8) is 0 Å². The van der Waals surface area contributed by atoms with Crippen LogP contribution in [0.25, 0.3) is 0 Å². The first-order valence-electron chi connectivity index (χ1n) is 10.6. The van der Waals surface area contributed by atoms with E-state index in [1.165, 1.54) is 10.6 Å². The molecule has 1 atom stereocenters. The molecule has 9 heteroatoms. The molecule has 0 unspecified atom stereocenters. The van der Waals surface area contributed by atoms with E-state index in [2.05, 4.69) is 5.32 Å². The highest BCUT2D eigenvalue weighted by Crippen LogP contribution is 2.27.